The molecule has 2 fully saturated rings. The molecule has 1 aromatic rings. The van der Waals surface area contributed by atoms with E-state index in [1.807, 2.05) is 12.1 Å². The van der Waals surface area contributed by atoms with Gasteiger partial charge in [0.05, 0.1) is 11.0 Å². The minimum atomic E-state index is -0.334. The molecule has 2 N–H and O–H groups in total. The first kappa shape index (κ1) is 17.8. The van der Waals surface area contributed by atoms with Crippen molar-refractivity contribution in [2.75, 3.05) is 49.5 Å². The van der Waals surface area contributed by atoms with Gasteiger partial charge in [0.1, 0.15) is 5.69 Å². The van der Waals surface area contributed by atoms with Gasteiger partial charge in [-0.3, -0.25) is 10.1 Å². The molecule has 2 aliphatic rings. The zero-order valence-electron chi connectivity index (χ0n) is 13.0. The van der Waals surface area contributed by atoms with Gasteiger partial charge in [0.2, 0.25) is 0 Å². The summed E-state index contributed by atoms with van der Waals surface area (Å²) in [5.74, 6) is 0. The van der Waals surface area contributed by atoms with E-state index in [0.29, 0.717) is 12.2 Å². The lowest BCUT2D eigenvalue weighted by molar-refractivity contribution is -0.383. The van der Waals surface area contributed by atoms with Crippen LogP contribution in [-0.4, -0.2) is 50.4 Å². The highest BCUT2D eigenvalue weighted by molar-refractivity contribution is 5.85. The standard InChI is InChI=1S/C15H22N4O3.ClH/c20-19(21)15-4-3-12(18-7-5-16-6-8-18)10-14(15)17-11-13-2-1-9-22-13;/h3-4,10,13,16-17H,1-2,5-9,11H2;1H. The van der Waals surface area contributed by atoms with E-state index in [1.165, 1.54) is 0 Å². The maximum absolute atomic E-state index is 11.2. The van der Waals surface area contributed by atoms with Crippen LogP contribution in [-0.2, 0) is 4.74 Å². The number of benzene rings is 1. The van der Waals surface area contributed by atoms with Crippen LogP contribution in [0.25, 0.3) is 0 Å². The molecule has 2 heterocycles. The van der Waals surface area contributed by atoms with Crippen molar-refractivity contribution in [1.29, 1.82) is 0 Å². The number of nitrogens with zero attached hydrogens (tertiary/aromatic N) is 2. The van der Waals surface area contributed by atoms with Crippen LogP contribution in [0.1, 0.15) is 12.8 Å². The van der Waals surface area contributed by atoms with E-state index in [0.717, 1.165) is 51.3 Å². The zero-order valence-corrected chi connectivity index (χ0v) is 13.8. The van der Waals surface area contributed by atoms with E-state index in [2.05, 4.69) is 15.5 Å². The third-order valence-corrected chi connectivity index (χ3v) is 4.20. The molecule has 0 bridgehead atoms. The molecule has 3 rings (SSSR count). The molecular formula is C15H23ClN4O3. The first-order chi connectivity index (χ1) is 10.7. The molecule has 0 spiro atoms. The van der Waals surface area contributed by atoms with E-state index in [4.69, 9.17) is 4.74 Å². The minimum Gasteiger partial charge on any atom is -0.377 e. The second kappa shape index (κ2) is 8.33. The monoisotopic (exact) mass is 342 g/mol. The van der Waals surface area contributed by atoms with Crippen molar-refractivity contribution in [3.63, 3.8) is 0 Å². The summed E-state index contributed by atoms with van der Waals surface area (Å²) in [6.07, 6.45) is 2.23. The van der Waals surface area contributed by atoms with Crippen LogP contribution in [0.15, 0.2) is 18.2 Å². The summed E-state index contributed by atoms with van der Waals surface area (Å²) in [6, 6.07) is 5.31. The molecule has 1 aromatic carbocycles. The molecule has 1 atom stereocenters. The van der Waals surface area contributed by atoms with E-state index in [1.54, 1.807) is 6.07 Å². The lowest BCUT2D eigenvalue weighted by Gasteiger charge is -2.29. The maximum atomic E-state index is 11.2. The molecule has 23 heavy (non-hydrogen) atoms. The zero-order chi connectivity index (χ0) is 15.4. The van der Waals surface area contributed by atoms with Crippen LogP contribution in [0.4, 0.5) is 17.1 Å². The molecule has 0 saturated carbocycles. The Balaban J connectivity index is 0.00000192. The smallest absolute Gasteiger partial charge is 0.292 e. The molecule has 1 unspecified atom stereocenters. The number of ether oxygens (including phenoxy) is 1. The van der Waals surface area contributed by atoms with E-state index < -0.39 is 0 Å². The number of hydrogen-bond acceptors (Lipinski definition) is 6. The quantitative estimate of drug-likeness (QED) is 0.629. The predicted octanol–water partition coefficient (Wildman–Crippen LogP) is 2.02. The third kappa shape index (κ3) is 4.46. The molecule has 0 aromatic heterocycles. The van der Waals surface area contributed by atoms with Crippen molar-refractivity contribution in [1.82, 2.24) is 5.32 Å². The minimum absolute atomic E-state index is 0. The molecule has 0 radical (unpaired) electrons. The number of rotatable bonds is 5. The van der Waals surface area contributed by atoms with E-state index in [-0.39, 0.29) is 29.1 Å². The molecule has 0 aliphatic carbocycles. The first-order valence-electron chi connectivity index (χ1n) is 7.83. The molecule has 7 nitrogen and oxygen atoms in total. The Labute approximate surface area is 141 Å². The van der Waals surface area contributed by atoms with Gasteiger partial charge in [-0.25, -0.2) is 0 Å². The topological polar surface area (TPSA) is 79.7 Å². The molecule has 2 aliphatic heterocycles. The van der Waals surface area contributed by atoms with Crippen molar-refractivity contribution in [3.8, 4) is 0 Å². The molecule has 0 amide bonds. The van der Waals surface area contributed by atoms with Gasteiger partial charge in [0, 0.05) is 51.1 Å². The molecule has 2 saturated heterocycles. The second-order valence-corrected chi connectivity index (χ2v) is 5.71. The number of nitro benzene ring substituents is 1. The SMILES string of the molecule is Cl.O=[N+]([O-])c1ccc(N2CCNCC2)cc1NCC1CCCO1. The number of hydrogen-bond donors (Lipinski definition) is 2. The van der Waals surface area contributed by atoms with Gasteiger partial charge in [0.15, 0.2) is 0 Å². The lowest BCUT2D eigenvalue weighted by atomic mass is 10.2. The van der Waals surface area contributed by atoms with Gasteiger partial charge >= 0.3 is 0 Å². The van der Waals surface area contributed by atoms with E-state index >= 15 is 0 Å². The van der Waals surface area contributed by atoms with Crippen LogP contribution in [0.5, 0.6) is 0 Å². The summed E-state index contributed by atoms with van der Waals surface area (Å²) >= 11 is 0. The Kier molecular flexibility index (Phi) is 6.44. The van der Waals surface area contributed by atoms with Gasteiger partial charge in [-0.1, -0.05) is 0 Å². The van der Waals surface area contributed by atoms with Crippen molar-refractivity contribution < 1.29 is 9.66 Å². The highest BCUT2D eigenvalue weighted by Crippen LogP contribution is 2.30. The van der Waals surface area contributed by atoms with Crippen molar-refractivity contribution >= 4 is 29.5 Å². The van der Waals surface area contributed by atoms with Gasteiger partial charge in [0.25, 0.3) is 5.69 Å². The predicted molar refractivity (Wildman–Crippen MR) is 92.9 cm³/mol. The van der Waals surface area contributed by atoms with Crippen LogP contribution in [0.2, 0.25) is 0 Å². The third-order valence-electron chi connectivity index (χ3n) is 4.20. The van der Waals surface area contributed by atoms with Crippen molar-refractivity contribution in [2.45, 2.75) is 18.9 Å². The summed E-state index contributed by atoms with van der Waals surface area (Å²) < 4.78 is 5.57. The van der Waals surface area contributed by atoms with Crippen molar-refractivity contribution in [3.05, 3.63) is 28.3 Å². The largest absolute Gasteiger partial charge is 0.377 e. The van der Waals surface area contributed by atoms with Crippen LogP contribution in [0, 0.1) is 10.1 Å². The Hall–Kier alpha value is -1.57. The van der Waals surface area contributed by atoms with Gasteiger partial charge < -0.3 is 20.3 Å². The number of halogens is 1. The number of anilines is 2. The van der Waals surface area contributed by atoms with Gasteiger partial charge in [-0.15, -0.1) is 12.4 Å². The summed E-state index contributed by atoms with van der Waals surface area (Å²) in [6.45, 7) is 5.12. The Morgan fingerprint density at radius 1 is 1.39 bits per heavy atom. The number of piperazine rings is 1. The molecule has 128 valence electrons. The second-order valence-electron chi connectivity index (χ2n) is 5.71. The molecule has 8 heteroatoms. The fourth-order valence-corrected chi connectivity index (χ4v) is 2.97. The van der Waals surface area contributed by atoms with Crippen LogP contribution in [0.3, 0.4) is 0 Å². The summed E-state index contributed by atoms with van der Waals surface area (Å²) in [7, 11) is 0. The summed E-state index contributed by atoms with van der Waals surface area (Å²) in [5.41, 5.74) is 1.73. The summed E-state index contributed by atoms with van der Waals surface area (Å²) in [5, 5.41) is 17.7. The average Bonchev–Trinajstić information content (AvgIpc) is 3.07. The first-order valence-corrected chi connectivity index (χ1v) is 7.83. The normalized spacial score (nSPS) is 20.9. The fraction of sp³-hybridized carbons (Fsp3) is 0.600. The lowest BCUT2D eigenvalue weighted by Crippen LogP contribution is -2.43. The Morgan fingerprint density at radius 3 is 2.83 bits per heavy atom. The van der Waals surface area contributed by atoms with Crippen LogP contribution >= 0.6 is 12.4 Å². The molecular weight excluding hydrogens is 320 g/mol. The van der Waals surface area contributed by atoms with Gasteiger partial charge in [-0.2, -0.15) is 0 Å². The Morgan fingerprint density at radius 2 is 2.17 bits per heavy atom. The highest BCUT2D eigenvalue weighted by Gasteiger charge is 2.20. The average molecular weight is 343 g/mol. The van der Waals surface area contributed by atoms with Gasteiger partial charge in [-0.05, 0) is 25.0 Å². The maximum Gasteiger partial charge on any atom is 0.292 e. The number of nitrogens with one attached hydrogen (secondary N) is 2. The number of nitro groups is 1. The summed E-state index contributed by atoms with van der Waals surface area (Å²) in [4.78, 5) is 13.1. The van der Waals surface area contributed by atoms with Crippen LogP contribution < -0.4 is 15.5 Å². The van der Waals surface area contributed by atoms with E-state index in [9.17, 15) is 10.1 Å². The fourth-order valence-electron chi connectivity index (χ4n) is 2.97. The highest BCUT2D eigenvalue weighted by atomic mass is 35.5. The Bertz CT molecular complexity index is 531. The van der Waals surface area contributed by atoms with Crippen molar-refractivity contribution in [2.24, 2.45) is 0 Å².